The predicted octanol–water partition coefficient (Wildman–Crippen LogP) is 2.84. The van der Waals surface area contributed by atoms with E-state index in [-0.39, 0.29) is 10.8 Å². The van der Waals surface area contributed by atoms with E-state index >= 15 is 0 Å². The Balaban J connectivity index is 2.65. The van der Waals surface area contributed by atoms with Crippen molar-refractivity contribution in [2.24, 2.45) is 0 Å². The van der Waals surface area contributed by atoms with Crippen molar-refractivity contribution in [3.05, 3.63) is 35.4 Å². The Kier molecular flexibility index (Phi) is 2.20. The van der Waals surface area contributed by atoms with E-state index in [1.54, 1.807) is 0 Å². The molecule has 0 spiro atoms. The highest BCUT2D eigenvalue weighted by Crippen LogP contribution is 2.48. The molecule has 1 aromatic carbocycles. The smallest absolute Gasteiger partial charge is 0.0247 e. The third kappa shape index (κ3) is 1.26. The first-order valence-corrected chi connectivity index (χ1v) is 5.69. The lowest BCUT2D eigenvalue weighted by molar-refractivity contribution is 0.286. The fourth-order valence-corrected chi connectivity index (χ4v) is 3.54. The van der Waals surface area contributed by atoms with Crippen LogP contribution in [0.25, 0.3) is 0 Å². The molecule has 0 bridgehead atoms. The third-order valence-corrected chi connectivity index (χ3v) is 4.05. The summed E-state index contributed by atoms with van der Waals surface area (Å²) in [5.41, 5.74) is 3.42. The Morgan fingerprint density at radius 3 is 1.67 bits per heavy atom. The molecule has 0 aliphatic heterocycles. The molecule has 0 unspecified atom stereocenters. The van der Waals surface area contributed by atoms with Gasteiger partial charge in [-0.1, -0.05) is 52.0 Å². The first-order chi connectivity index (χ1) is 6.92. The van der Waals surface area contributed by atoms with Crippen molar-refractivity contribution < 1.29 is 0 Å². The molecule has 1 aliphatic carbocycles. The van der Waals surface area contributed by atoms with Gasteiger partial charge in [0.05, 0.1) is 0 Å². The normalized spacial score (nSPS) is 22.7. The van der Waals surface area contributed by atoms with Gasteiger partial charge in [0.15, 0.2) is 0 Å². The van der Waals surface area contributed by atoms with Gasteiger partial charge >= 0.3 is 0 Å². The molecular formula is C14H21N. The van der Waals surface area contributed by atoms with Crippen LogP contribution in [0.4, 0.5) is 0 Å². The molecule has 0 fully saturated rings. The van der Waals surface area contributed by atoms with E-state index in [1.807, 2.05) is 0 Å². The molecule has 1 aliphatic rings. The molecule has 15 heavy (non-hydrogen) atoms. The maximum atomic E-state index is 3.49. The number of hydrogen-bond donors (Lipinski definition) is 1. The summed E-state index contributed by atoms with van der Waals surface area (Å²) in [5, 5.41) is 3.49. The van der Waals surface area contributed by atoms with Gasteiger partial charge in [-0.2, -0.15) is 0 Å². The Morgan fingerprint density at radius 1 is 0.933 bits per heavy atom. The second-order valence-corrected chi connectivity index (χ2v) is 5.71. The third-order valence-electron chi connectivity index (χ3n) is 4.05. The summed E-state index contributed by atoms with van der Waals surface area (Å²) in [6, 6.07) is 9.34. The molecule has 0 aromatic heterocycles. The molecule has 0 atom stereocenters. The van der Waals surface area contributed by atoms with Crippen LogP contribution in [0.2, 0.25) is 0 Å². The lowest BCUT2D eigenvalue weighted by Gasteiger charge is -2.35. The number of nitrogens with one attached hydrogen (secondary N) is 1. The topological polar surface area (TPSA) is 12.0 Å². The molecule has 0 saturated heterocycles. The van der Waals surface area contributed by atoms with Gasteiger partial charge in [0.25, 0.3) is 0 Å². The standard InChI is InChI=1S/C14H21N/c1-13(2)10-8-6-7-9-11(10)14(3,4)12(13)15-5/h6-9,12,15H,1-5H3. The highest BCUT2D eigenvalue weighted by atomic mass is 14.9. The predicted molar refractivity (Wildman–Crippen MR) is 65.3 cm³/mol. The lowest BCUT2D eigenvalue weighted by atomic mass is 9.76. The van der Waals surface area contributed by atoms with Crippen molar-refractivity contribution in [3.63, 3.8) is 0 Å². The second kappa shape index (κ2) is 3.08. The molecule has 1 N–H and O–H groups in total. The van der Waals surface area contributed by atoms with E-state index in [1.165, 1.54) is 11.1 Å². The average Bonchev–Trinajstić information content (AvgIpc) is 2.32. The van der Waals surface area contributed by atoms with Gasteiger partial charge in [-0.15, -0.1) is 0 Å². The zero-order valence-electron chi connectivity index (χ0n) is 10.4. The van der Waals surface area contributed by atoms with E-state index in [2.05, 4.69) is 64.3 Å². The summed E-state index contributed by atoms with van der Waals surface area (Å²) in [5.74, 6) is 0. The summed E-state index contributed by atoms with van der Waals surface area (Å²) >= 11 is 0. The summed E-state index contributed by atoms with van der Waals surface area (Å²) < 4.78 is 0. The fraction of sp³-hybridized carbons (Fsp3) is 0.571. The van der Waals surface area contributed by atoms with Gasteiger partial charge in [-0.3, -0.25) is 0 Å². The summed E-state index contributed by atoms with van der Waals surface area (Å²) in [4.78, 5) is 0. The molecule has 82 valence electrons. The van der Waals surface area contributed by atoms with E-state index in [9.17, 15) is 0 Å². The lowest BCUT2D eigenvalue weighted by Crippen LogP contribution is -2.48. The number of benzene rings is 1. The molecule has 0 heterocycles. The quantitative estimate of drug-likeness (QED) is 0.740. The minimum absolute atomic E-state index is 0.217. The van der Waals surface area contributed by atoms with Crippen LogP contribution in [0.15, 0.2) is 24.3 Å². The molecule has 0 amide bonds. The van der Waals surface area contributed by atoms with Crippen LogP contribution < -0.4 is 5.32 Å². The highest BCUT2D eigenvalue weighted by molar-refractivity contribution is 5.47. The van der Waals surface area contributed by atoms with Crippen LogP contribution in [0, 0.1) is 0 Å². The van der Waals surface area contributed by atoms with Gasteiger partial charge in [-0.05, 0) is 18.2 Å². The Hall–Kier alpha value is -0.820. The maximum absolute atomic E-state index is 3.49. The zero-order valence-corrected chi connectivity index (χ0v) is 10.4. The number of fused-ring (bicyclic) bond motifs is 1. The van der Waals surface area contributed by atoms with Crippen LogP contribution in [-0.4, -0.2) is 13.1 Å². The number of likely N-dealkylation sites (N-methyl/N-ethyl adjacent to an activating group) is 1. The van der Waals surface area contributed by atoms with Crippen molar-refractivity contribution >= 4 is 0 Å². The van der Waals surface area contributed by atoms with Crippen molar-refractivity contribution in [1.82, 2.24) is 5.32 Å². The largest absolute Gasteiger partial charge is 0.315 e. The van der Waals surface area contributed by atoms with E-state index in [4.69, 9.17) is 0 Å². The minimum Gasteiger partial charge on any atom is -0.315 e. The van der Waals surface area contributed by atoms with Crippen molar-refractivity contribution in [2.75, 3.05) is 7.05 Å². The SMILES string of the molecule is CNC1C(C)(C)c2ccccc2C1(C)C. The van der Waals surface area contributed by atoms with Crippen LogP contribution in [0.3, 0.4) is 0 Å². The molecular weight excluding hydrogens is 182 g/mol. The first kappa shape index (κ1) is 10.7. The van der Waals surface area contributed by atoms with Crippen LogP contribution in [-0.2, 0) is 10.8 Å². The molecule has 0 saturated carbocycles. The van der Waals surface area contributed by atoms with Crippen LogP contribution in [0.1, 0.15) is 38.8 Å². The van der Waals surface area contributed by atoms with Crippen LogP contribution >= 0.6 is 0 Å². The molecule has 1 heteroatoms. The fourth-order valence-electron chi connectivity index (χ4n) is 3.54. The van der Waals surface area contributed by atoms with Crippen molar-refractivity contribution in [3.8, 4) is 0 Å². The van der Waals surface area contributed by atoms with Gasteiger partial charge in [-0.25, -0.2) is 0 Å². The molecule has 0 radical (unpaired) electrons. The molecule has 1 aromatic rings. The Labute approximate surface area is 92.9 Å². The Morgan fingerprint density at radius 2 is 1.33 bits per heavy atom. The number of hydrogen-bond acceptors (Lipinski definition) is 1. The van der Waals surface area contributed by atoms with Gasteiger partial charge in [0.2, 0.25) is 0 Å². The first-order valence-electron chi connectivity index (χ1n) is 5.69. The van der Waals surface area contributed by atoms with E-state index < -0.39 is 0 Å². The average molecular weight is 203 g/mol. The summed E-state index contributed by atoms with van der Waals surface area (Å²) in [6.07, 6.45) is 0. The van der Waals surface area contributed by atoms with Gasteiger partial charge < -0.3 is 5.32 Å². The van der Waals surface area contributed by atoms with Gasteiger partial charge in [0.1, 0.15) is 0 Å². The second-order valence-electron chi connectivity index (χ2n) is 5.71. The molecule has 1 nitrogen and oxygen atoms in total. The van der Waals surface area contributed by atoms with Crippen molar-refractivity contribution in [2.45, 2.75) is 44.6 Å². The van der Waals surface area contributed by atoms with E-state index in [0.717, 1.165) is 0 Å². The van der Waals surface area contributed by atoms with Crippen LogP contribution in [0.5, 0.6) is 0 Å². The summed E-state index contributed by atoms with van der Waals surface area (Å²) in [6.45, 7) is 9.34. The Bertz CT molecular complexity index is 342. The highest BCUT2D eigenvalue weighted by Gasteiger charge is 2.49. The number of rotatable bonds is 1. The summed E-state index contributed by atoms with van der Waals surface area (Å²) in [7, 11) is 2.07. The molecule has 2 rings (SSSR count). The van der Waals surface area contributed by atoms with Gasteiger partial charge in [0, 0.05) is 16.9 Å². The monoisotopic (exact) mass is 203 g/mol. The van der Waals surface area contributed by atoms with Crippen molar-refractivity contribution in [1.29, 1.82) is 0 Å². The minimum atomic E-state index is 0.217. The maximum Gasteiger partial charge on any atom is 0.0247 e. The zero-order chi connectivity index (χ0) is 11.3. The van der Waals surface area contributed by atoms with E-state index in [0.29, 0.717) is 6.04 Å².